The topological polar surface area (TPSA) is 111 Å². The van der Waals surface area contributed by atoms with E-state index in [1.165, 1.54) is 0 Å². The van der Waals surface area contributed by atoms with E-state index >= 15 is 0 Å². The summed E-state index contributed by atoms with van der Waals surface area (Å²) in [7, 11) is 0. The Morgan fingerprint density at radius 2 is 1.47 bits per heavy atom. The van der Waals surface area contributed by atoms with Crippen molar-refractivity contribution < 1.29 is 19.1 Å². The largest absolute Gasteiger partial charge is 0.445 e. The molecular formula is C25H33N3O4. The fourth-order valence-electron chi connectivity index (χ4n) is 3.30. The molecule has 7 heteroatoms. The van der Waals surface area contributed by atoms with E-state index in [1.54, 1.807) is 0 Å². The number of nitrogens with one attached hydrogen (secondary N) is 2. The average Bonchev–Trinajstić information content (AvgIpc) is 2.80. The van der Waals surface area contributed by atoms with Gasteiger partial charge in [-0.3, -0.25) is 9.59 Å². The predicted octanol–water partition coefficient (Wildman–Crippen LogP) is 3.46. The summed E-state index contributed by atoms with van der Waals surface area (Å²) < 4.78 is 5.27. The normalized spacial score (nSPS) is 12.4. The molecule has 0 aliphatic heterocycles. The molecule has 7 nitrogen and oxygen atoms in total. The Bertz CT molecular complexity index is 843. The Morgan fingerprint density at radius 3 is 2.06 bits per heavy atom. The zero-order valence-corrected chi connectivity index (χ0v) is 18.6. The highest BCUT2D eigenvalue weighted by atomic mass is 16.5. The van der Waals surface area contributed by atoms with Crippen LogP contribution in [0.25, 0.3) is 0 Å². The lowest BCUT2D eigenvalue weighted by Gasteiger charge is -2.22. The summed E-state index contributed by atoms with van der Waals surface area (Å²) in [6, 6.07) is 16.9. The first-order chi connectivity index (χ1) is 15.5. The van der Waals surface area contributed by atoms with Gasteiger partial charge in [0.2, 0.25) is 11.8 Å². The first-order valence-corrected chi connectivity index (χ1v) is 11.1. The summed E-state index contributed by atoms with van der Waals surface area (Å²) in [5.41, 5.74) is 7.21. The van der Waals surface area contributed by atoms with E-state index in [-0.39, 0.29) is 13.0 Å². The van der Waals surface area contributed by atoms with E-state index in [0.29, 0.717) is 6.42 Å². The standard InChI is InChI=1S/C25H33N3O4/c1-2-3-4-11-16-21(23(26)29)27-24(30)22(17-19-12-7-5-8-13-19)28-25(31)32-18-20-14-9-6-10-15-20/h5-10,12-15,21-22H,2-4,11,16-18H2,1H3,(H2,26,29)(H,27,30)(H,28,31)/t21-,22+/m1/s1. The van der Waals surface area contributed by atoms with Crippen molar-refractivity contribution in [3.05, 3.63) is 71.8 Å². The number of primary amides is 1. The Kier molecular flexibility index (Phi) is 10.8. The second-order valence-electron chi connectivity index (χ2n) is 7.76. The zero-order chi connectivity index (χ0) is 23.2. The van der Waals surface area contributed by atoms with Crippen molar-refractivity contribution in [3.63, 3.8) is 0 Å². The molecule has 0 spiro atoms. The number of unbranched alkanes of at least 4 members (excludes halogenated alkanes) is 3. The van der Waals surface area contributed by atoms with Crippen LogP contribution in [0.2, 0.25) is 0 Å². The minimum Gasteiger partial charge on any atom is -0.445 e. The quantitative estimate of drug-likeness (QED) is 0.415. The van der Waals surface area contributed by atoms with Crippen molar-refractivity contribution in [2.24, 2.45) is 5.73 Å². The maximum atomic E-state index is 13.0. The summed E-state index contributed by atoms with van der Waals surface area (Å²) in [5, 5.41) is 5.34. The third-order valence-corrected chi connectivity index (χ3v) is 5.11. The van der Waals surface area contributed by atoms with Crippen molar-refractivity contribution in [1.29, 1.82) is 0 Å². The molecule has 0 heterocycles. The molecule has 2 aromatic rings. The van der Waals surface area contributed by atoms with Crippen LogP contribution in [0.15, 0.2) is 60.7 Å². The van der Waals surface area contributed by atoms with Crippen LogP contribution in [0.5, 0.6) is 0 Å². The van der Waals surface area contributed by atoms with Crippen LogP contribution in [0.4, 0.5) is 4.79 Å². The average molecular weight is 440 g/mol. The number of hydrogen-bond acceptors (Lipinski definition) is 4. The van der Waals surface area contributed by atoms with Gasteiger partial charge in [0, 0.05) is 6.42 Å². The summed E-state index contributed by atoms with van der Waals surface area (Å²) in [5.74, 6) is -1.05. The molecule has 0 bridgehead atoms. The van der Waals surface area contributed by atoms with Crippen LogP contribution in [0, 0.1) is 0 Å². The van der Waals surface area contributed by atoms with Gasteiger partial charge in [-0.1, -0.05) is 93.3 Å². The molecule has 0 radical (unpaired) electrons. The van der Waals surface area contributed by atoms with Crippen LogP contribution >= 0.6 is 0 Å². The maximum absolute atomic E-state index is 13.0. The van der Waals surface area contributed by atoms with Crippen LogP contribution in [-0.2, 0) is 27.4 Å². The molecule has 2 atom stereocenters. The van der Waals surface area contributed by atoms with Gasteiger partial charge in [0.25, 0.3) is 0 Å². The molecular weight excluding hydrogens is 406 g/mol. The molecule has 0 saturated carbocycles. The van der Waals surface area contributed by atoms with E-state index in [9.17, 15) is 14.4 Å². The predicted molar refractivity (Wildman–Crippen MR) is 124 cm³/mol. The van der Waals surface area contributed by atoms with Crippen molar-refractivity contribution in [2.45, 2.75) is 64.1 Å². The van der Waals surface area contributed by atoms with Gasteiger partial charge in [0.15, 0.2) is 0 Å². The summed E-state index contributed by atoms with van der Waals surface area (Å²) >= 11 is 0. The fourth-order valence-corrected chi connectivity index (χ4v) is 3.30. The zero-order valence-electron chi connectivity index (χ0n) is 18.6. The second-order valence-corrected chi connectivity index (χ2v) is 7.76. The lowest BCUT2D eigenvalue weighted by molar-refractivity contribution is -0.128. The number of ether oxygens (including phenoxy) is 1. The molecule has 4 N–H and O–H groups in total. The Hall–Kier alpha value is -3.35. The van der Waals surface area contributed by atoms with Gasteiger partial charge < -0.3 is 21.1 Å². The second kappa shape index (κ2) is 13.9. The van der Waals surface area contributed by atoms with E-state index in [4.69, 9.17) is 10.5 Å². The molecule has 2 aromatic carbocycles. The van der Waals surface area contributed by atoms with Gasteiger partial charge in [-0.2, -0.15) is 0 Å². The first-order valence-electron chi connectivity index (χ1n) is 11.1. The molecule has 2 rings (SSSR count). The molecule has 0 saturated heterocycles. The van der Waals surface area contributed by atoms with Gasteiger partial charge in [0.05, 0.1) is 0 Å². The highest BCUT2D eigenvalue weighted by Crippen LogP contribution is 2.08. The number of amides is 3. The highest BCUT2D eigenvalue weighted by Gasteiger charge is 2.26. The van der Waals surface area contributed by atoms with Gasteiger partial charge >= 0.3 is 6.09 Å². The smallest absolute Gasteiger partial charge is 0.408 e. The van der Waals surface area contributed by atoms with Gasteiger partial charge in [-0.15, -0.1) is 0 Å². The number of alkyl carbamates (subject to hydrolysis) is 1. The summed E-state index contributed by atoms with van der Waals surface area (Å²) in [4.78, 5) is 37.2. The van der Waals surface area contributed by atoms with E-state index in [2.05, 4.69) is 17.6 Å². The summed E-state index contributed by atoms with van der Waals surface area (Å²) in [6.45, 7) is 2.19. The monoisotopic (exact) mass is 439 g/mol. The lowest BCUT2D eigenvalue weighted by atomic mass is 10.0. The Balaban J connectivity index is 2.01. The van der Waals surface area contributed by atoms with E-state index < -0.39 is 30.0 Å². The van der Waals surface area contributed by atoms with Crippen molar-refractivity contribution >= 4 is 17.9 Å². The summed E-state index contributed by atoms with van der Waals surface area (Å²) in [6.07, 6.45) is 3.91. The molecule has 0 fully saturated rings. The highest BCUT2D eigenvalue weighted by molar-refractivity contribution is 5.90. The minimum absolute atomic E-state index is 0.0910. The van der Waals surface area contributed by atoms with Crippen molar-refractivity contribution in [1.82, 2.24) is 10.6 Å². The van der Waals surface area contributed by atoms with Crippen LogP contribution < -0.4 is 16.4 Å². The number of benzene rings is 2. The Labute approximate surface area is 189 Å². The molecule has 172 valence electrons. The lowest BCUT2D eigenvalue weighted by Crippen LogP contribution is -2.53. The number of nitrogens with two attached hydrogens (primary N) is 1. The van der Waals surface area contributed by atoms with Gasteiger partial charge in [-0.25, -0.2) is 4.79 Å². The van der Waals surface area contributed by atoms with Crippen molar-refractivity contribution in [3.8, 4) is 0 Å². The third kappa shape index (κ3) is 9.20. The first kappa shape index (κ1) is 24.9. The maximum Gasteiger partial charge on any atom is 0.408 e. The molecule has 0 aliphatic rings. The molecule has 0 aromatic heterocycles. The number of carbonyl (C=O) groups excluding carboxylic acids is 3. The molecule has 0 unspecified atom stereocenters. The van der Waals surface area contributed by atoms with Crippen LogP contribution in [-0.4, -0.2) is 30.0 Å². The minimum atomic E-state index is -0.904. The van der Waals surface area contributed by atoms with Crippen LogP contribution in [0.1, 0.15) is 50.2 Å². The van der Waals surface area contributed by atoms with E-state index in [1.807, 2.05) is 60.7 Å². The van der Waals surface area contributed by atoms with Gasteiger partial charge in [-0.05, 0) is 17.5 Å². The number of hydrogen-bond donors (Lipinski definition) is 3. The number of rotatable bonds is 13. The molecule has 3 amide bonds. The molecule has 0 aliphatic carbocycles. The van der Waals surface area contributed by atoms with E-state index in [0.717, 1.165) is 36.8 Å². The van der Waals surface area contributed by atoms with Crippen molar-refractivity contribution in [2.75, 3.05) is 0 Å². The number of carbonyl (C=O) groups is 3. The van der Waals surface area contributed by atoms with Crippen LogP contribution in [0.3, 0.4) is 0 Å². The Morgan fingerprint density at radius 1 is 0.844 bits per heavy atom. The van der Waals surface area contributed by atoms with Gasteiger partial charge in [0.1, 0.15) is 18.7 Å². The fraction of sp³-hybridized carbons (Fsp3) is 0.400. The third-order valence-electron chi connectivity index (χ3n) is 5.11. The molecule has 32 heavy (non-hydrogen) atoms. The SMILES string of the molecule is CCCCCC[C@@H](NC(=O)[C@H](Cc1ccccc1)NC(=O)OCc1ccccc1)C(N)=O.